The van der Waals surface area contributed by atoms with Crippen LogP contribution in [-0.2, 0) is 16.6 Å². The molecule has 0 amide bonds. The lowest BCUT2D eigenvalue weighted by Gasteiger charge is -2.33. The number of carbonyl (C=O) groups is 1. The molecule has 1 unspecified atom stereocenters. The molecule has 0 fully saturated rings. The minimum atomic E-state index is -0.801. The molecule has 2 aromatic carbocycles. The first-order valence-corrected chi connectivity index (χ1v) is 9.16. The summed E-state index contributed by atoms with van der Waals surface area (Å²) in [4.78, 5) is 12.9. The Labute approximate surface area is 159 Å². The van der Waals surface area contributed by atoms with Gasteiger partial charge >= 0.3 is 5.97 Å². The Morgan fingerprint density at radius 2 is 2.00 bits per heavy atom. The van der Waals surface area contributed by atoms with Crippen LogP contribution in [0.1, 0.15) is 29.5 Å². The number of aliphatic carboxylic acids is 1. The molecule has 0 heterocycles. The number of fused-ring (bicyclic) bond motifs is 1. The highest BCUT2D eigenvalue weighted by Gasteiger charge is 2.40. The highest BCUT2D eigenvalue weighted by Crippen LogP contribution is 2.47. The number of ether oxygens (including phenoxy) is 1. The number of halogens is 1. The molecule has 1 N–H and O–H groups in total. The van der Waals surface area contributed by atoms with Crippen LogP contribution in [0.4, 0.5) is 0 Å². The predicted octanol–water partition coefficient (Wildman–Crippen LogP) is 3.99. The predicted molar refractivity (Wildman–Crippen MR) is 103 cm³/mol. The van der Waals surface area contributed by atoms with Gasteiger partial charge in [-0.25, -0.2) is 0 Å². The Kier molecular flexibility index (Phi) is 5.54. The van der Waals surface area contributed by atoms with Crippen LogP contribution in [0.15, 0.2) is 42.5 Å². The summed E-state index contributed by atoms with van der Waals surface area (Å²) in [5.41, 5.74) is 3.72. The lowest BCUT2D eigenvalue weighted by Crippen LogP contribution is -2.33. The standard InChI is InChI=1S/C21H24ClNO3/c1-23(14-20(24)25)12-11-21(16-3-5-17(22)6-4-16)10-9-15-13-18(26-2)7-8-19(15)21/h3-8,13H,9-12,14H2,1-2H3,(H,24,25). The Bertz CT molecular complexity index is 790. The first-order valence-electron chi connectivity index (χ1n) is 8.78. The second-order valence-electron chi connectivity index (χ2n) is 6.99. The van der Waals surface area contributed by atoms with E-state index in [0.717, 1.165) is 30.0 Å². The van der Waals surface area contributed by atoms with Gasteiger partial charge in [0.1, 0.15) is 5.75 Å². The van der Waals surface area contributed by atoms with Crippen LogP contribution in [0, 0.1) is 0 Å². The van der Waals surface area contributed by atoms with Crippen LogP contribution in [0.3, 0.4) is 0 Å². The number of carboxylic acid groups (broad SMARTS) is 1. The van der Waals surface area contributed by atoms with Gasteiger partial charge in [-0.1, -0.05) is 29.8 Å². The number of methoxy groups -OCH3 is 1. The van der Waals surface area contributed by atoms with Crippen molar-refractivity contribution in [3.63, 3.8) is 0 Å². The van der Waals surface area contributed by atoms with Crippen LogP contribution >= 0.6 is 11.6 Å². The average molecular weight is 374 g/mol. The van der Waals surface area contributed by atoms with E-state index in [0.29, 0.717) is 6.54 Å². The minimum absolute atomic E-state index is 0.0478. The van der Waals surface area contributed by atoms with Crippen LogP contribution in [-0.4, -0.2) is 43.2 Å². The lowest BCUT2D eigenvalue weighted by molar-refractivity contribution is -0.138. The molecule has 0 radical (unpaired) electrons. The summed E-state index contributed by atoms with van der Waals surface area (Å²) in [5.74, 6) is 0.0725. The van der Waals surface area contributed by atoms with Crippen molar-refractivity contribution in [1.82, 2.24) is 4.90 Å². The number of carboxylic acids is 1. The van der Waals surface area contributed by atoms with Gasteiger partial charge < -0.3 is 9.84 Å². The SMILES string of the molecule is COc1ccc2c(c1)CCC2(CCN(C)CC(=O)O)c1ccc(Cl)cc1. The van der Waals surface area contributed by atoms with Gasteiger partial charge in [0, 0.05) is 10.4 Å². The molecule has 0 aromatic heterocycles. The van der Waals surface area contributed by atoms with Crippen molar-refractivity contribution in [3.8, 4) is 5.75 Å². The summed E-state index contributed by atoms with van der Waals surface area (Å²) < 4.78 is 5.38. The van der Waals surface area contributed by atoms with Crippen LogP contribution in [0.25, 0.3) is 0 Å². The molecule has 3 rings (SSSR count). The van der Waals surface area contributed by atoms with E-state index in [2.05, 4.69) is 24.3 Å². The Morgan fingerprint density at radius 3 is 2.65 bits per heavy atom. The molecule has 1 atom stereocenters. The third kappa shape index (κ3) is 3.71. The summed E-state index contributed by atoms with van der Waals surface area (Å²) in [6, 6.07) is 14.3. The maximum Gasteiger partial charge on any atom is 0.317 e. The van der Waals surface area contributed by atoms with Crippen molar-refractivity contribution < 1.29 is 14.6 Å². The van der Waals surface area contributed by atoms with E-state index in [9.17, 15) is 4.79 Å². The fourth-order valence-electron chi connectivity index (χ4n) is 4.02. The average Bonchev–Trinajstić information content (AvgIpc) is 2.99. The van der Waals surface area contributed by atoms with Crippen molar-refractivity contribution in [3.05, 3.63) is 64.2 Å². The fraction of sp³-hybridized carbons (Fsp3) is 0.381. The van der Waals surface area contributed by atoms with Crippen LogP contribution < -0.4 is 4.74 Å². The number of nitrogens with zero attached hydrogens (tertiary/aromatic N) is 1. The first kappa shape index (κ1) is 18.7. The molecule has 0 aliphatic heterocycles. The molecule has 26 heavy (non-hydrogen) atoms. The molecule has 138 valence electrons. The number of benzene rings is 2. The van der Waals surface area contributed by atoms with Gasteiger partial charge in [0.15, 0.2) is 0 Å². The van der Waals surface area contributed by atoms with Crippen LogP contribution in [0.2, 0.25) is 5.02 Å². The van der Waals surface area contributed by atoms with E-state index in [-0.39, 0.29) is 12.0 Å². The highest BCUT2D eigenvalue weighted by molar-refractivity contribution is 6.30. The second-order valence-corrected chi connectivity index (χ2v) is 7.43. The number of hydrogen-bond acceptors (Lipinski definition) is 3. The summed E-state index contributed by atoms with van der Waals surface area (Å²) in [6.07, 6.45) is 2.84. The maximum atomic E-state index is 11.0. The van der Waals surface area contributed by atoms with E-state index in [1.165, 1.54) is 16.7 Å². The largest absolute Gasteiger partial charge is 0.497 e. The molecule has 4 nitrogen and oxygen atoms in total. The number of likely N-dealkylation sites (N-methyl/N-ethyl adjacent to an activating group) is 1. The number of hydrogen-bond donors (Lipinski definition) is 1. The zero-order valence-corrected chi connectivity index (χ0v) is 15.9. The Balaban J connectivity index is 1.97. The number of rotatable bonds is 7. The molecular weight excluding hydrogens is 350 g/mol. The lowest BCUT2D eigenvalue weighted by atomic mass is 9.73. The molecular formula is C21H24ClNO3. The third-order valence-corrected chi connectivity index (χ3v) is 5.62. The zero-order valence-electron chi connectivity index (χ0n) is 15.2. The van der Waals surface area contributed by atoms with E-state index >= 15 is 0 Å². The summed E-state index contributed by atoms with van der Waals surface area (Å²) >= 11 is 6.10. The van der Waals surface area contributed by atoms with Gasteiger partial charge in [0.25, 0.3) is 0 Å². The smallest absolute Gasteiger partial charge is 0.317 e. The Morgan fingerprint density at radius 1 is 1.27 bits per heavy atom. The quantitative estimate of drug-likeness (QED) is 0.797. The molecule has 2 aromatic rings. The topological polar surface area (TPSA) is 49.8 Å². The van der Waals surface area contributed by atoms with Crippen molar-refractivity contribution in [1.29, 1.82) is 0 Å². The summed E-state index contributed by atoms with van der Waals surface area (Å²) in [6.45, 7) is 0.757. The maximum absolute atomic E-state index is 11.0. The monoisotopic (exact) mass is 373 g/mol. The summed E-state index contributed by atoms with van der Waals surface area (Å²) in [7, 11) is 3.54. The van der Waals surface area contributed by atoms with Gasteiger partial charge in [-0.15, -0.1) is 0 Å². The van der Waals surface area contributed by atoms with Crippen molar-refractivity contribution >= 4 is 17.6 Å². The molecule has 5 heteroatoms. The van der Waals surface area contributed by atoms with E-state index in [1.807, 2.05) is 30.1 Å². The number of aryl methyl sites for hydroxylation is 1. The van der Waals surface area contributed by atoms with Gasteiger partial charge in [0.2, 0.25) is 0 Å². The molecule has 1 aliphatic rings. The molecule has 0 saturated carbocycles. The molecule has 1 aliphatic carbocycles. The van der Waals surface area contributed by atoms with Gasteiger partial charge in [-0.3, -0.25) is 9.69 Å². The highest BCUT2D eigenvalue weighted by atomic mass is 35.5. The van der Waals surface area contributed by atoms with E-state index in [4.69, 9.17) is 21.4 Å². The van der Waals surface area contributed by atoms with Gasteiger partial charge in [0.05, 0.1) is 13.7 Å². The van der Waals surface area contributed by atoms with Crippen LogP contribution in [0.5, 0.6) is 5.75 Å². The van der Waals surface area contributed by atoms with Gasteiger partial charge in [-0.2, -0.15) is 0 Å². The zero-order chi connectivity index (χ0) is 18.7. The van der Waals surface area contributed by atoms with Crippen molar-refractivity contribution in [2.45, 2.75) is 24.7 Å². The summed E-state index contributed by atoms with van der Waals surface area (Å²) in [5, 5.41) is 9.75. The fourth-order valence-corrected chi connectivity index (χ4v) is 4.14. The van der Waals surface area contributed by atoms with Crippen molar-refractivity contribution in [2.24, 2.45) is 0 Å². The van der Waals surface area contributed by atoms with E-state index < -0.39 is 5.97 Å². The second kappa shape index (κ2) is 7.68. The first-order chi connectivity index (χ1) is 12.4. The van der Waals surface area contributed by atoms with Crippen molar-refractivity contribution in [2.75, 3.05) is 27.2 Å². The molecule has 0 spiro atoms. The Hall–Kier alpha value is -2.04. The normalized spacial score (nSPS) is 18.8. The molecule has 0 saturated heterocycles. The van der Waals surface area contributed by atoms with Gasteiger partial charge in [-0.05, 0) is 73.8 Å². The molecule has 0 bridgehead atoms. The van der Waals surface area contributed by atoms with E-state index in [1.54, 1.807) is 7.11 Å². The minimum Gasteiger partial charge on any atom is -0.497 e. The third-order valence-electron chi connectivity index (χ3n) is 5.37.